The van der Waals surface area contributed by atoms with Crippen molar-refractivity contribution in [3.8, 4) is 18.2 Å². The van der Waals surface area contributed by atoms with Gasteiger partial charge in [-0.25, -0.2) is 0 Å². The van der Waals surface area contributed by atoms with Gasteiger partial charge in [-0.1, -0.05) is 37.1 Å². The maximum absolute atomic E-state index is 10.1. The van der Waals surface area contributed by atoms with Gasteiger partial charge < -0.3 is 9.47 Å². The number of nitrogens with zero attached hydrogens (tertiary/aromatic N) is 3. The maximum Gasteiger partial charge on any atom is 0.219 e. The highest BCUT2D eigenvalue weighted by molar-refractivity contribution is 6.30. The van der Waals surface area contributed by atoms with Gasteiger partial charge in [0.1, 0.15) is 0 Å². The second-order valence-electron chi connectivity index (χ2n) is 6.78. The number of hydrogen-bond donors (Lipinski definition) is 1. The molecule has 1 N–H and O–H groups in total. The first kappa shape index (κ1) is 18.2. The van der Waals surface area contributed by atoms with Crippen LogP contribution < -0.4 is 0 Å². The molecular weight excluding hydrogens is 352 g/mol. The van der Waals surface area contributed by atoms with Crippen molar-refractivity contribution >= 4 is 17.5 Å². The van der Waals surface area contributed by atoms with Crippen molar-refractivity contribution in [2.45, 2.75) is 44.5 Å². The van der Waals surface area contributed by atoms with E-state index in [1.165, 1.54) is 0 Å². The summed E-state index contributed by atoms with van der Waals surface area (Å²) in [4.78, 5) is 0. The zero-order chi connectivity index (χ0) is 19.2. The average Bonchev–Trinajstić information content (AvgIpc) is 2.62. The molecule has 3 aliphatic heterocycles. The van der Waals surface area contributed by atoms with Crippen LogP contribution in [-0.4, -0.2) is 17.8 Å². The van der Waals surface area contributed by atoms with Gasteiger partial charge in [-0.3, -0.25) is 5.41 Å². The van der Waals surface area contributed by atoms with Crippen molar-refractivity contribution in [3.05, 3.63) is 34.9 Å². The van der Waals surface area contributed by atoms with Crippen LogP contribution in [0.25, 0.3) is 0 Å². The SMILES string of the molecule is CCCC1OC2(C)OC(=N)C1(C#N)C(C#N)(C#N)C2c1ccc(Cl)cc1. The number of halogens is 1. The van der Waals surface area contributed by atoms with Crippen molar-refractivity contribution in [2.75, 3.05) is 0 Å². The highest BCUT2D eigenvalue weighted by atomic mass is 35.5. The largest absolute Gasteiger partial charge is 0.447 e. The molecule has 1 aromatic rings. The van der Waals surface area contributed by atoms with Crippen molar-refractivity contribution < 1.29 is 9.47 Å². The van der Waals surface area contributed by atoms with Crippen molar-refractivity contribution in [3.63, 3.8) is 0 Å². The number of ether oxygens (including phenoxy) is 2. The van der Waals surface area contributed by atoms with Gasteiger partial charge in [0.05, 0.1) is 30.2 Å². The van der Waals surface area contributed by atoms with Crippen molar-refractivity contribution in [2.24, 2.45) is 10.8 Å². The van der Waals surface area contributed by atoms with Crippen molar-refractivity contribution in [1.29, 1.82) is 21.2 Å². The normalized spacial score (nSPS) is 34.2. The molecule has 2 bridgehead atoms. The van der Waals surface area contributed by atoms with Gasteiger partial charge in [0, 0.05) is 11.9 Å². The second kappa shape index (κ2) is 5.99. The molecule has 0 aromatic heterocycles. The fraction of sp³-hybridized carbons (Fsp3) is 0.474. The number of benzene rings is 1. The first-order valence-corrected chi connectivity index (χ1v) is 8.68. The van der Waals surface area contributed by atoms with Crippen LogP contribution >= 0.6 is 11.6 Å². The van der Waals surface area contributed by atoms with Gasteiger partial charge in [-0.05, 0) is 24.1 Å². The summed E-state index contributed by atoms with van der Waals surface area (Å²) in [6.45, 7) is 3.54. The predicted molar refractivity (Wildman–Crippen MR) is 92.9 cm³/mol. The van der Waals surface area contributed by atoms with Crippen LogP contribution in [0.5, 0.6) is 0 Å². The number of fused-ring (bicyclic) bond motifs is 3. The van der Waals surface area contributed by atoms with Gasteiger partial charge in [0.2, 0.25) is 11.7 Å². The molecule has 0 radical (unpaired) electrons. The number of nitrogens with one attached hydrogen (secondary N) is 1. The van der Waals surface area contributed by atoms with Gasteiger partial charge in [0.25, 0.3) is 0 Å². The Balaban J connectivity index is 2.33. The molecule has 0 spiro atoms. The lowest BCUT2D eigenvalue weighted by molar-refractivity contribution is -0.320. The average molecular weight is 369 g/mol. The third kappa shape index (κ3) is 2.02. The van der Waals surface area contributed by atoms with Crippen LogP contribution in [0.4, 0.5) is 0 Å². The van der Waals surface area contributed by atoms with Crippen LogP contribution in [0, 0.1) is 50.2 Å². The molecule has 0 amide bonds. The quantitative estimate of drug-likeness (QED) is 0.869. The van der Waals surface area contributed by atoms with Gasteiger partial charge in [0.15, 0.2) is 10.8 Å². The summed E-state index contributed by atoms with van der Waals surface area (Å²) >= 11 is 5.97. The molecule has 1 aromatic carbocycles. The predicted octanol–water partition coefficient (Wildman–Crippen LogP) is 3.89. The second-order valence-corrected chi connectivity index (χ2v) is 7.21. The fourth-order valence-corrected chi connectivity index (χ4v) is 4.42. The Bertz CT molecular complexity index is 865. The summed E-state index contributed by atoms with van der Waals surface area (Å²) in [5.41, 5.74) is -3.02. The molecular formula is C19H17ClN4O2. The minimum Gasteiger partial charge on any atom is -0.447 e. The Morgan fingerprint density at radius 3 is 2.27 bits per heavy atom. The Kier molecular flexibility index (Phi) is 4.20. The molecule has 7 heteroatoms. The lowest BCUT2D eigenvalue weighted by atomic mass is 9.49. The van der Waals surface area contributed by atoms with E-state index in [1.807, 2.05) is 6.92 Å². The van der Waals surface area contributed by atoms with Crippen molar-refractivity contribution in [1.82, 2.24) is 0 Å². The molecule has 0 aliphatic carbocycles. The molecule has 4 atom stereocenters. The molecule has 6 nitrogen and oxygen atoms in total. The monoisotopic (exact) mass is 368 g/mol. The van der Waals surface area contributed by atoms with E-state index < -0.39 is 28.6 Å². The van der Waals surface area contributed by atoms with E-state index in [1.54, 1.807) is 31.2 Å². The Labute approximate surface area is 157 Å². The van der Waals surface area contributed by atoms with Crippen LogP contribution in [0.2, 0.25) is 5.02 Å². The summed E-state index contributed by atoms with van der Waals surface area (Å²) < 4.78 is 11.8. The molecule has 3 fully saturated rings. The zero-order valence-electron chi connectivity index (χ0n) is 14.4. The van der Waals surface area contributed by atoms with E-state index in [9.17, 15) is 15.8 Å². The Hall–Kier alpha value is -2.59. The summed E-state index contributed by atoms with van der Waals surface area (Å²) in [6.07, 6.45) is 0.343. The van der Waals surface area contributed by atoms with Gasteiger partial charge in [-0.15, -0.1) is 0 Å². The standard InChI is InChI=1S/C19H17ClN4O2/c1-3-4-14-19(11-23)16(24)26-17(2,25-14)15(18(19,9-21)10-22)12-5-7-13(20)8-6-12/h5-8,14-15,24H,3-4H2,1-2H3. The molecule has 4 rings (SSSR count). The number of rotatable bonds is 3. The molecule has 3 saturated heterocycles. The summed E-state index contributed by atoms with van der Waals surface area (Å²) in [5.74, 6) is -2.65. The molecule has 26 heavy (non-hydrogen) atoms. The van der Waals surface area contributed by atoms with Gasteiger partial charge in [-0.2, -0.15) is 15.8 Å². The van der Waals surface area contributed by atoms with E-state index in [0.717, 1.165) is 0 Å². The Morgan fingerprint density at radius 1 is 1.15 bits per heavy atom. The molecule has 3 aliphatic rings. The lowest BCUT2D eigenvalue weighted by Crippen LogP contribution is -2.73. The smallest absolute Gasteiger partial charge is 0.219 e. The summed E-state index contributed by atoms with van der Waals surface area (Å²) in [7, 11) is 0. The highest BCUT2D eigenvalue weighted by Gasteiger charge is 2.78. The van der Waals surface area contributed by atoms with Crippen LogP contribution in [0.3, 0.4) is 0 Å². The van der Waals surface area contributed by atoms with E-state index in [2.05, 4.69) is 18.2 Å². The fourth-order valence-electron chi connectivity index (χ4n) is 4.29. The van der Waals surface area contributed by atoms with Crippen LogP contribution in [-0.2, 0) is 9.47 Å². The molecule has 4 unspecified atom stereocenters. The molecule has 132 valence electrons. The van der Waals surface area contributed by atoms with E-state index in [4.69, 9.17) is 26.5 Å². The van der Waals surface area contributed by atoms with Crippen LogP contribution in [0.1, 0.15) is 38.2 Å². The third-order valence-corrected chi connectivity index (χ3v) is 5.64. The molecule has 0 saturated carbocycles. The first-order valence-electron chi connectivity index (χ1n) is 8.30. The number of hydrogen-bond acceptors (Lipinski definition) is 6. The first-order chi connectivity index (χ1) is 12.3. The third-order valence-electron chi connectivity index (χ3n) is 5.38. The van der Waals surface area contributed by atoms with E-state index in [0.29, 0.717) is 23.4 Å². The minimum atomic E-state index is -1.82. The minimum absolute atomic E-state index is 0.375. The summed E-state index contributed by atoms with van der Waals surface area (Å²) in [6, 6.07) is 12.9. The topological polar surface area (TPSA) is 114 Å². The lowest BCUT2D eigenvalue weighted by Gasteiger charge is -2.61. The van der Waals surface area contributed by atoms with Crippen LogP contribution in [0.15, 0.2) is 24.3 Å². The summed E-state index contributed by atoms with van der Waals surface area (Å²) in [5, 5.41) is 39.1. The van der Waals surface area contributed by atoms with E-state index >= 15 is 0 Å². The van der Waals surface area contributed by atoms with E-state index in [-0.39, 0.29) is 5.90 Å². The zero-order valence-corrected chi connectivity index (χ0v) is 15.2. The number of nitriles is 3. The van der Waals surface area contributed by atoms with Gasteiger partial charge >= 0.3 is 0 Å². The molecule has 3 heterocycles. The Morgan fingerprint density at radius 2 is 1.77 bits per heavy atom. The maximum atomic E-state index is 10.1. The highest BCUT2D eigenvalue weighted by Crippen LogP contribution is 2.66.